The largest absolute Gasteiger partial charge is 0.469 e. The minimum absolute atomic E-state index is 0.277. The lowest BCUT2D eigenvalue weighted by Crippen LogP contribution is -2.04. The lowest BCUT2D eigenvalue weighted by atomic mass is 10.0. The zero-order valence-electron chi connectivity index (χ0n) is 14.8. The van der Waals surface area contributed by atoms with Gasteiger partial charge in [-0.2, -0.15) is 13.2 Å². The molecule has 0 aliphatic rings. The Labute approximate surface area is 153 Å². The molecule has 1 aromatic heterocycles. The van der Waals surface area contributed by atoms with Crippen LogP contribution in [0.5, 0.6) is 0 Å². The fraction of sp³-hybridized carbons (Fsp3) is 0.263. The van der Waals surface area contributed by atoms with Crippen LogP contribution >= 0.6 is 0 Å². The molecular formula is C19H18F3N3O2. The third kappa shape index (κ3) is 4.39. The van der Waals surface area contributed by atoms with Gasteiger partial charge in [0.25, 0.3) is 0 Å². The zero-order valence-corrected chi connectivity index (χ0v) is 14.8. The molecule has 27 heavy (non-hydrogen) atoms. The van der Waals surface area contributed by atoms with Gasteiger partial charge in [0.1, 0.15) is 0 Å². The SMILES string of the molecule is COC(=O)CCc1cc2nc(Nc3ccc(C(F)(F)F)cc3)[nH]c2cc1C. The first-order chi connectivity index (χ1) is 12.8. The number of aromatic nitrogens is 2. The van der Waals surface area contributed by atoms with Crippen LogP contribution in [0.2, 0.25) is 0 Å². The number of nitrogens with one attached hydrogen (secondary N) is 2. The van der Waals surface area contributed by atoms with E-state index in [-0.39, 0.29) is 12.4 Å². The summed E-state index contributed by atoms with van der Waals surface area (Å²) in [5.74, 6) is 0.149. The number of imidazole rings is 1. The average Bonchev–Trinajstić information content (AvgIpc) is 2.99. The summed E-state index contributed by atoms with van der Waals surface area (Å²) < 4.78 is 42.5. The van der Waals surface area contributed by atoms with Crippen molar-refractivity contribution in [1.29, 1.82) is 0 Å². The van der Waals surface area contributed by atoms with Crippen LogP contribution in [0.15, 0.2) is 36.4 Å². The monoisotopic (exact) mass is 377 g/mol. The van der Waals surface area contributed by atoms with Crippen LogP contribution < -0.4 is 5.32 Å². The molecule has 0 amide bonds. The number of esters is 1. The molecule has 0 aliphatic carbocycles. The second-order valence-electron chi connectivity index (χ2n) is 6.16. The van der Waals surface area contributed by atoms with E-state index < -0.39 is 11.7 Å². The van der Waals surface area contributed by atoms with E-state index in [4.69, 9.17) is 0 Å². The van der Waals surface area contributed by atoms with Crippen LogP contribution in [-0.2, 0) is 22.1 Å². The molecule has 0 saturated heterocycles. The Balaban J connectivity index is 1.79. The minimum Gasteiger partial charge on any atom is -0.469 e. The number of nitrogens with zero attached hydrogens (tertiary/aromatic N) is 1. The number of aryl methyl sites for hydroxylation is 2. The highest BCUT2D eigenvalue weighted by molar-refractivity contribution is 5.80. The summed E-state index contributed by atoms with van der Waals surface area (Å²) in [6.45, 7) is 1.94. The van der Waals surface area contributed by atoms with Gasteiger partial charge in [0.05, 0.1) is 23.7 Å². The maximum Gasteiger partial charge on any atom is 0.416 e. The Bertz CT molecular complexity index is 963. The normalized spacial score (nSPS) is 11.6. The number of H-pyrrole nitrogens is 1. The molecule has 2 aromatic carbocycles. The number of methoxy groups -OCH3 is 1. The molecule has 2 N–H and O–H groups in total. The molecule has 0 radical (unpaired) electrons. The number of anilines is 2. The molecule has 142 valence electrons. The van der Waals surface area contributed by atoms with E-state index in [0.717, 1.165) is 28.8 Å². The molecular weight excluding hydrogens is 359 g/mol. The van der Waals surface area contributed by atoms with Crippen molar-refractivity contribution in [2.75, 3.05) is 12.4 Å². The van der Waals surface area contributed by atoms with Crippen molar-refractivity contribution in [1.82, 2.24) is 9.97 Å². The lowest BCUT2D eigenvalue weighted by molar-refractivity contribution is -0.140. The molecule has 0 aliphatic heterocycles. The predicted molar refractivity (Wildman–Crippen MR) is 95.9 cm³/mol. The number of ether oxygens (including phenoxy) is 1. The summed E-state index contributed by atoms with van der Waals surface area (Å²) in [5.41, 5.74) is 3.28. The van der Waals surface area contributed by atoms with Gasteiger partial charge in [-0.15, -0.1) is 0 Å². The van der Waals surface area contributed by atoms with Crippen LogP contribution in [0.1, 0.15) is 23.1 Å². The van der Waals surface area contributed by atoms with Gasteiger partial charge in [-0.3, -0.25) is 4.79 Å². The number of alkyl halides is 3. The molecule has 0 atom stereocenters. The van der Waals surface area contributed by atoms with Crippen molar-refractivity contribution >= 4 is 28.6 Å². The minimum atomic E-state index is -4.37. The second-order valence-corrected chi connectivity index (χ2v) is 6.16. The van der Waals surface area contributed by atoms with Crippen LogP contribution in [-0.4, -0.2) is 23.0 Å². The van der Waals surface area contributed by atoms with E-state index in [9.17, 15) is 18.0 Å². The summed E-state index contributed by atoms with van der Waals surface area (Å²) in [5, 5.41) is 2.96. The highest BCUT2D eigenvalue weighted by Crippen LogP contribution is 2.30. The number of carbonyl (C=O) groups excluding carboxylic acids is 1. The summed E-state index contributed by atoms with van der Waals surface area (Å²) in [6.07, 6.45) is -3.54. The van der Waals surface area contributed by atoms with Gasteiger partial charge in [-0.25, -0.2) is 4.98 Å². The third-order valence-corrected chi connectivity index (χ3v) is 4.24. The van der Waals surface area contributed by atoms with Crippen molar-refractivity contribution < 1.29 is 22.7 Å². The number of fused-ring (bicyclic) bond motifs is 1. The van der Waals surface area contributed by atoms with E-state index in [1.807, 2.05) is 19.1 Å². The zero-order chi connectivity index (χ0) is 19.6. The van der Waals surface area contributed by atoms with Crippen LogP contribution in [0, 0.1) is 6.92 Å². The standard InChI is InChI=1S/C19H18F3N3O2/c1-11-9-15-16(10-12(11)3-8-17(26)27-2)25-18(24-15)23-14-6-4-13(5-7-14)19(20,21)22/h4-7,9-10H,3,8H2,1-2H3,(H2,23,24,25). The molecule has 0 saturated carbocycles. The Morgan fingerprint density at radius 2 is 1.93 bits per heavy atom. The number of benzene rings is 2. The van der Waals surface area contributed by atoms with Gasteiger partial charge in [-0.05, 0) is 60.9 Å². The van der Waals surface area contributed by atoms with Crippen molar-refractivity contribution in [2.45, 2.75) is 25.9 Å². The van der Waals surface area contributed by atoms with E-state index in [2.05, 4.69) is 20.0 Å². The van der Waals surface area contributed by atoms with Gasteiger partial charge >= 0.3 is 12.1 Å². The number of hydrogen-bond acceptors (Lipinski definition) is 4. The summed E-state index contributed by atoms with van der Waals surface area (Å²) in [6, 6.07) is 8.54. The van der Waals surface area contributed by atoms with E-state index in [1.54, 1.807) is 0 Å². The number of aromatic amines is 1. The highest BCUT2D eigenvalue weighted by atomic mass is 19.4. The van der Waals surface area contributed by atoms with Crippen LogP contribution in [0.25, 0.3) is 11.0 Å². The number of halogens is 3. The predicted octanol–water partition coefficient (Wildman–Crippen LogP) is 4.74. The smallest absolute Gasteiger partial charge is 0.416 e. The molecule has 0 bridgehead atoms. The van der Waals surface area contributed by atoms with Crippen molar-refractivity contribution in [2.24, 2.45) is 0 Å². The Morgan fingerprint density at radius 1 is 1.22 bits per heavy atom. The fourth-order valence-electron chi connectivity index (χ4n) is 2.75. The lowest BCUT2D eigenvalue weighted by Gasteiger charge is -2.07. The van der Waals surface area contributed by atoms with E-state index in [0.29, 0.717) is 23.6 Å². The van der Waals surface area contributed by atoms with E-state index in [1.165, 1.54) is 19.2 Å². The first kappa shape index (κ1) is 18.8. The van der Waals surface area contributed by atoms with Crippen molar-refractivity contribution in [3.8, 4) is 0 Å². The molecule has 1 heterocycles. The first-order valence-corrected chi connectivity index (χ1v) is 8.26. The summed E-state index contributed by atoms with van der Waals surface area (Å²) in [7, 11) is 1.35. The molecule has 8 heteroatoms. The number of carbonyl (C=O) groups is 1. The van der Waals surface area contributed by atoms with Gasteiger partial charge < -0.3 is 15.0 Å². The Hall–Kier alpha value is -3.03. The van der Waals surface area contributed by atoms with E-state index >= 15 is 0 Å². The first-order valence-electron chi connectivity index (χ1n) is 8.26. The van der Waals surface area contributed by atoms with Crippen molar-refractivity contribution in [3.63, 3.8) is 0 Å². The molecule has 0 spiro atoms. The van der Waals surface area contributed by atoms with Gasteiger partial charge in [0.15, 0.2) is 0 Å². The highest BCUT2D eigenvalue weighted by Gasteiger charge is 2.29. The summed E-state index contributed by atoms with van der Waals surface area (Å²) >= 11 is 0. The van der Waals surface area contributed by atoms with Crippen LogP contribution in [0.4, 0.5) is 24.8 Å². The molecule has 0 fully saturated rings. The third-order valence-electron chi connectivity index (χ3n) is 4.24. The molecule has 5 nitrogen and oxygen atoms in total. The van der Waals surface area contributed by atoms with Gasteiger partial charge in [-0.1, -0.05) is 0 Å². The topological polar surface area (TPSA) is 67.0 Å². The number of rotatable bonds is 5. The second kappa shape index (κ2) is 7.30. The van der Waals surface area contributed by atoms with Crippen molar-refractivity contribution in [3.05, 3.63) is 53.1 Å². The fourth-order valence-corrected chi connectivity index (χ4v) is 2.75. The average molecular weight is 377 g/mol. The maximum atomic E-state index is 12.6. The van der Waals surface area contributed by atoms with Gasteiger partial charge in [0.2, 0.25) is 5.95 Å². The Kier molecular flexibility index (Phi) is 5.07. The molecule has 0 unspecified atom stereocenters. The number of hydrogen-bond donors (Lipinski definition) is 2. The maximum absolute atomic E-state index is 12.6. The van der Waals surface area contributed by atoms with Crippen LogP contribution in [0.3, 0.4) is 0 Å². The van der Waals surface area contributed by atoms with Gasteiger partial charge in [0, 0.05) is 12.1 Å². The molecule has 3 rings (SSSR count). The Morgan fingerprint density at radius 3 is 2.56 bits per heavy atom. The molecule has 3 aromatic rings. The quantitative estimate of drug-likeness (QED) is 0.631. The summed E-state index contributed by atoms with van der Waals surface area (Å²) in [4.78, 5) is 18.8.